The van der Waals surface area contributed by atoms with Gasteiger partial charge in [0.05, 0.1) is 12.1 Å². The molecule has 1 aliphatic heterocycles. The fourth-order valence-corrected chi connectivity index (χ4v) is 3.48. The molecule has 1 atom stereocenters. The number of tetrazole rings is 1. The van der Waals surface area contributed by atoms with Crippen LogP contribution in [0.4, 0.5) is 18.9 Å². The van der Waals surface area contributed by atoms with Crippen molar-refractivity contribution in [2.75, 3.05) is 18.4 Å². The predicted octanol–water partition coefficient (Wildman–Crippen LogP) is 2.74. The van der Waals surface area contributed by atoms with Crippen LogP contribution >= 0.6 is 0 Å². The Balaban J connectivity index is 1.41. The first-order valence-corrected chi connectivity index (χ1v) is 9.77. The van der Waals surface area contributed by atoms with Crippen LogP contribution in [0.15, 0.2) is 30.6 Å². The fraction of sp³-hybridized carbons (Fsp3) is 0.526. The second-order valence-electron chi connectivity index (χ2n) is 7.33. The molecule has 11 heteroatoms. The van der Waals surface area contributed by atoms with Gasteiger partial charge >= 0.3 is 6.18 Å². The highest BCUT2D eigenvalue weighted by Crippen LogP contribution is 2.30. The van der Waals surface area contributed by atoms with Gasteiger partial charge in [0.1, 0.15) is 6.33 Å². The molecule has 1 fully saturated rings. The van der Waals surface area contributed by atoms with E-state index >= 15 is 0 Å². The van der Waals surface area contributed by atoms with E-state index in [4.69, 9.17) is 0 Å². The van der Waals surface area contributed by atoms with Gasteiger partial charge < -0.3 is 10.2 Å². The van der Waals surface area contributed by atoms with Gasteiger partial charge in [0.2, 0.25) is 11.8 Å². The molecule has 162 valence electrons. The number of anilines is 1. The molecular weight excluding hydrogens is 401 g/mol. The molecule has 1 saturated heterocycles. The molecule has 8 nitrogen and oxygen atoms in total. The quantitative estimate of drug-likeness (QED) is 0.738. The van der Waals surface area contributed by atoms with E-state index in [1.807, 2.05) is 4.90 Å². The Labute approximate surface area is 171 Å². The zero-order valence-corrected chi connectivity index (χ0v) is 16.3. The molecule has 0 spiro atoms. The summed E-state index contributed by atoms with van der Waals surface area (Å²) < 4.78 is 39.3. The Morgan fingerprint density at radius 2 is 1.93 bits per heavy atom. The average Bonchev–Trinajstić information content (AvgIpc) is 3.24. The number of hydrogen-bond acceptors (Lipinski definition) is 5. The number of rotatable bonds is 7. The lowest BCUT2D eigenvalue weighted by Crippen LogP contribution is -2.40. The van der Waals surface area contributed by atoms with Crippen molar-refractivity contribution in [3.63, 3.8) is 0 Å². The van der Waals surface area contributed by atoms with Crippen molar-refractivity contribution in [3.05, 3.63) is 36.2 Å². The van der Waals surface area contributed by atoms with Gasteiger partial charge in [-0.2, -0.15) is 13.2 Å². The van der Waals surface area contributed by atoms with Gasteiger partial charge in [0.15, 0.2) is 0 Å². The van der Waals surface area contributed by atoms with Crippen molar-refractivity contribution >= 4 is 17.5 Å². The van der Waals surface area contributed by atoms with Crippen LogP contribution in [0.3, 0.4) is 0 Å². The molecule has 2 aromatic rings. The maximum Gasteiger partial charge on any atom is 0.416 e. The highest BCUT2D eigenvalue weighted by atomic mass is 19.4. The van der Waals surface area contributed by atoms with Crippen molar-refractivity contribution in [1.82, 2.24) is 25.1 Å². The number of alkyl halides is 3. The minimum Gasteiger partial charge on any atom is -0.342 e. The average molecular weight is 424 g/mol. The Kier molecular flexibility index (Phi) is 7.01. The second kappa shape index (κ2) is 9.68. The van der Waals surface area contributed by atoms with Gasteiger partial charge in [0, 0.05) is 31.6 Å². The van der Waals surface area contributed by atoms with Crippen LogP contribution < -0.4 is 5.32 Å². The standard InChI is InChI=1S/C19H23F3N6O2/c20-19(21,22)15-4-6-16(7-5-15)24-17(29)8-3-14-2-1-10-27(12-14)18(30)9-11-28-13-23-25-26-28/h4-7,13-14H,1-3,8-12H2,(H,24,29). The summed E-state index contributed by atoms with van der Waals surface area (Å²) in [7, 11) is 0. The van der Waals surface area contributed by atoms with Crippen molar-refractivity contribution in [3.8, 4) is 0 Å². The maximum absolute atomic E-state index is 12.6. The number of nitrogens with one attached hydrogen (secondary N) is 1. The van der Waals surface area contributed by atoms with E-state index in [1.165, 1.54) is 23.1 Å². The molecule has 2 amide bonds. The van der Waals surface area contributed by atoms with Gasteiger partial charge in [-0.05, 0) is 59.9 Å². The van der Waals surface area contributed by atoms with Gasteiger partial charge in [-0.1, -0.05) is 0 Å². The predicted molar refractivity (Wildman–Crippen MR) is 101 cm³/mol. The van der Waals surface area contributed by atoms with Gasteiger partial charge in [-0.15, -0.1) is 5.10 Å². The van der Waals surface area contributed by atoms with E-state index in [0.717, 1.165) is 25.0 Å². The monoisotopic (exact) mass is 424 g/mol. The number of carbonyl (C=O) groups excluding carboxylic acids is 2. The molecule has 0 saturated carbocycles. The van der Waals surface area contributed by atoms with Crippen LogP contribution in [-0.2, 0) is 22.3 Å². The largest absolute Gasteiger partial charge is 0.416 e. The van der Waals surface area contributed by atoms with E-state index < -0.39 is 11.7 Å². The zero-order valence-electron chi connectivity index (χ0n) is 16.3. The van der Waals surface area contributed by atoms with Crippen molar-refractivity contribution < 1.29 is 22.8 Å². The van der Waals surface area contributed by atoms with Crippen molar-refractivity contribution in [2.45, 2.75) is 44.8 Å². The van der Waals surface area contributed by atoms with E-state index in [9.17, 15) is 22.8 Å². The van der Waals surface area contributed by atoms with E-state index in [0.29, 0.717) is 38.2 Å². The molecule has 3 rings (SSSR count). The summed E-state index contributed by atoms with van der Waals surface area (Å²) in [6.07, 6.45) is 0.0421. The number of hydrogen-bond donors (Lipinski definition) is 1. The highest BCUT2D eigenvalue weighted by molar-refractivity contribution is 5.90. The minimum atomic E-state index is -4.40. The van der Waals surface area contributed by atoms with Crippen molar-refractivity contribution in [1.29, 1.82) is 0 Å². The summed E-state index contributed by atoms with van der Waals surface area (Å²) >= 11 is 0. The third kappa shape index (κ3) is 6.26. The Hall–Kier alpha value is -2.98. The molecule has 1 aliphatic rings. The Bertz CT molecular complexity index is 839. The summed E-state index contributed by atoms with van der Waals surface area (Å²) in [4.78, 5) is 26.4. The SMILES string of the molecule is O=C(CCC1CCCN(C(=O)CCn2cnnn2)C1)Nc1ccc(C(F)(F)F)cc1. The third-order valence-electron chi connectivity index (χ3n) is 5.09. The summed E-state index contributed by atoms with van der Waals surface area (Å²) in [5.41, 5.74) is -0.427. The second-order valence-corrected chi connectivity index (χ2v) is 7.33. The highest BCUT2D eigenvalue weighted by Gasteiger charge is 2.30. The first kappa shape index (κ1) is 21.7. The lowest BCUT2D eigenvalue weighted by molar-refractivity contribution is -0.137. The number of aromatic nitrogens is 4. The third-order valence-corrected chi connectivity index (χ3v) is 5.09. The van der Waals surface area contributed by atoms with Crippen LogP contribution in [0.25, 0.3) is 0 Å². The zero-order chi connectivity index (χ0) is 21.6. The molecule has 2 heterocycles. The van der Waals surface area contributed by atoms with Crippen LogP contribution in [0.5, 0.6) is 0 Å². The van der Waals surface area contributed by atoms with E-state index in [2.05, 4.69) is 20.8 Å². The fourth-order valence-electron chi connectivity index (χ4n) is 3.48. The molecule has 0 aliphatic carbocycles. The molecule has 0 radical (unpaired) electrons. The number of carbonyl (C=O) groups is 2. The molecule has 1 aromatic heterocycles. The number of amides is 2. The molecule has 0 bridgehead atoms. The molecule has 30 heavy (non-hydrogen) atoms. The lowest BCUT2D eigenvalue weighted by Gasteiger charge is -2.32. The number of piperidine rings is 1. The summed E-state index contributed by atoms with van der Waals surface area (Å²) in [6.45, 7) is 1.72. The van der Waals surface area contributed by atoms with Crippen molar-refractivity contribution in [2.24, 2.45) is 5.92 Å². The summed E-state index contributed by atoms with van der Waals surface area (Å²) in [6, 6.07) is 4.37. The summed E-state index contributed by atoms with van der Waals surface area (Å²) in [5.74, 6) is -0.00427. The minimum absolute atomic E-state index is 0.0319. The first-order chi connectivity index (χ1) is 14.3. The van der Waals surface area contributed by atoms with E-state index in [1.54, 1.807) is 0 Å². The number of nitrogens with zero attached hydrogens (tertiary/aromatic N) is 5. The number of aryl methyl sites for hydroxylation is 1. The molecule has 1 aromatic carbocycles. The normalized spacial score (nSPS) is 17.0. The molecule has 1 unspecified atom stereocenters. The topological polar surface area (TPSA) is 93.0 Å². The first-order valence-electron chi connectivity index (χ1n) is 9.77. The Morgan fingerprint density at radius 3 is 2.60 bits per heavy atom. The van der Waals surface area contributed by atoms with Gasteiger partial charge in [-0.25, -0.2) is 4.68 Å². The van der Waals surface area contributed by atoms with Crippen LogP contribution in [0, 0.1) is 5.92 Å². The number of benzene rings is 1. The molecular formula is C19H23F3N6O2. The number of halogens is 3. The van der Waals surface area contributed by atoms with Gasteiger partial charge in [0.25, 0.3) is 0 Å². The van der Waals surface area contributed by atoms with E-state index in [-0.39, 0.29) is 24.2 Å². The van der Waals surface area contributed by atoms with Crippen LogP contribution in [-0.4, -0.2) is 50.0 Å². The maximum atomic E-state index is 12.6. The van der Waals surface area contributed by atoms with Gasteiger partial charge in [-0.3, -0.25) is 9.59 Å². The smallest absolute Gasteiger partial charge is 0.342 e. The van der Waals surface area contributed by atoms with Crippen LogP contribution in [0.1, 0.15) is 37.7 Å². The lowest BCUT2D eigenvalue weighted by atomic mass is 9.93. The molecule has 1 N–H and O–H groups in total. The number of likely N-dealkylation sites (tertiary alicyclic amines) is 1. The Morgan fingerprint density at radius 1 is 1.17 bits per heavy atom. The van der Waals surface area contributed by atoms with Crippen LogP contribution in [0.2, 0.25) is 0 Å². The summed E-state index contributed by atoms with van der Waals surface area (Å²) in [5, 5.41) is 13.4.